The SMILES string of the molecule is Cc1cc(CN[C@H](C)C2CCCCCC2)ccc1F. The Bertz CT molecular complexity index is 394. The van der Waals surface area contributed by atoms with Crippen LogP contribution >= 0.6 is 0 Å². The number of hydrogen-bond acceptors (Lipinski definition) is 1. The average Bonchev–Trinajstić information content (AvgIpc) is 2.69. The van der Waals surface area contributed by atoms with E-state index in [0.29, 0.717) is 6.04 Å². The summed E-state index contributed by atoms with van der Waals surface area (Å²) < 4.78 is 13.2. The predicted octanol–water partition coefficient (Wildman–Crippen LogP) is 4.58. The van der Waals surface area contributed by atoms with Crippen LogP contribution in [0.3, 0.4) is 0 Å². The fourth-order valence-corrected chi connectivity index (χ4v) is 3.07. The summed E-state index contributed by atoms with van der Waals surface area (Å²) >= 11 is 0. The Kier molecular flexibility index (Phi) is 5.38. The molecule has 0 spiro atoms. The van der Waals surface area contributed by atoms with Crippen LogP contribution in [0.25, 0.3) is 0 Å². The largest absolute Gasteiger partial charge is 0.310 e. The van der Waals surface area contributed by atoms with Gasteiger partial charge in [0.15, 0.2) is 0 Å². The van der Waals surface area contributed by atoms with Gasteiger partial charge < -0.3 is 5.32 Å². The highest BCUT2D eigenvalue weighted by Gasteiger charge is 2.18. The second-order valence-corrected chi connectivity index (χ2v) is 6.00. The van der Waals surface area contributed by atoms with Crippen LogP contribution < -0.4 is 5.32 Å². The molecule has 106 valence electrons. The van der Waals surface area contributed by atoms with Crippen molar-refractivity contribution < 1.29 is 4.39 Å². The summed E-state index contributed by atoms with van der Waals surface area (Å²) in [6.45, 7) is 4.97. The minimum absolute atomic E-state index is 0.111. The number of rotatable bonds is 4. The monoisotopic (exact) mass is 263 g/mol. The topological polar surface area (TPSA) is 12.0 Å². The molecule has 0 aromatic heterocycles. The molecule has 1 saturated carbocycles. The number of aryl methyl sites for hydroxylation is 1. The average molecular weight is 263 g/mol. The van der Waals surface area contributed by atoms with E-state index >= 15 is 0 Å². The molecule has 1 fully saturated rings. The number of hydrogen-bond donors (Lipinski definition) is 1. The molecule has 19 heavy (non-hydrogen) atoms. The molecule has 1 N–H and O–H groups in total. The summed E-state index contributed by atoms with van der Waals surface area (Å²) in [6.07, 6.45) is 8.28. The molecule has 2 rings (SSSR count). The summed E-state index contributed by atoms with van der Waals surface area (Å²) in [4.78, 5) is 0. The lowest BCUT2D eigenvalue weighted by atomic mass is 9.93. The Labute approximate surface area is 116 Å². The van der Waals surface area contributed by atoms with Gasteiger partial charge in [-0.2, -0.15) is 0 Å². The Morgan fingerprint density at radius 3 is 2.53 bits per heavy atom. The van der Waals surface area contributed by atoms with Gasteiger partial charge in [-0.1, -0.05) is 37.8 Å². The van der Waals surface area contributed by atoms with E-state index in [1.165, 1.54) is 44.1 Å². The van der Waals surface area contributed by atoms with Gasteiger partial charge >= 0.3 is 0 Å². The van der Waals surface area contributed by atoms with Crippen LogP contribution in [0.4, 0.5) is 4.39 Å². The summed E-state index contributed by atoms with van der Waals surface area (Å²) in [5.41, 5.74) is 1.92. The minimum Gasteiger partial charge on any atom is -0.310 e. The molecule has 0 bridgehead atoms. The van der Waals surface area contributed by atoms with E-state index in [4.69, 9.17) is 0 Å². The van der Waals surface area contributed by atoms with Crippen LogP contribution in [-0.2, 0) is 6.54 Å². The van der Waals surface area contributed by atoms with Crippen molar-refractivity contribution >= 4 is 0 Å². The van der Waals surface area contributed by atoms with Crippen LogP contribution in [0.1, 0.15) is 56.6 Å². The van der Waals surface area contributed by atoms with Gasteiger partial charge in [-0.05, 0) is 49.8 Å². The minimum atomic E-state index is -0.111. The molecule has 1 aromatic carbocycles. The molecule has 0 aliphatic heterocycles. The van der Waals surface area contributed by atoms with Gasteiger partial charge in [0.1, 0.15) is 5.82 Å². The molecule has 1 aliphatic rings. The van der Waals surface area contributed by atoms with Crippen molar-refractivity contribution in [1.82, 2.24) is 5.32 Å². The van der Waals surface area contributed by atoms with Crippen molar-refractivity contribution in [2.75, 3.05) is 0 Å². The molecule has 0 radical (unpaired) electrons. The highest BCUT2D eigenvalue weighted by molar-refractivity contribution is 5.23. The summed E-state index contributed by atoms with van der Waals surface area (Å²) in [7, 11) is 0. The van der Waals surface area contributed by atoms with Gasteiger partial charge in [-0.3, -0.25) is 0 Å². The van der Waals surface area contributed by atoms with Crippen molar-refractivity contribution in [1.29, 1.82) is 0 Å². The first kappa shape index (κ1) is 14.5. The maximum Gasteiger partial charge on any atom is 0.126 e. The smallest absolute Gasteiger partial charge is 0.126 e. The van der Waals surface area contributed by atoms with E-state index in [1.807, 2.05) is 19.1 Å². The van der Waals surface area contributed by atoms with Crippen LogP contribution in [0, 0.1) is 18.7 Å². The zero-order chi connectivity index (χ0) is 13.7. The zero-order valence-electron chi connectivity index (χ0n) is 12.2. The standard InChI is InChI=1S/C17H26FN/c1-13-11-15(9-10-17(13)18)12-19-14(2)16-7-5-3-4-6-8-16/h9-11,14,16,19H,3-8,12H2,1-2H3/t14-/m1/s1. The third kappa shape index (κ3) is 4.31. The van der Waals surface area contributed by atoms with E-state index in [-0.39, 0.29) is 5.82 Å². The summed E-state index contributed by atoms with van der Waals surface area (Å²) in [5.74, 6) is 0.699. The van der Waals surface area contributed by atoms with Crippen molar-refractivity contribution in [3.05, 3.63) is 35.1 Å². The fraction of sp³-hybridized carbons (Fsp3) is 0.647. The second kappa shape index (κ2) is 7.04. The van der Waals surface area contributed by atoms with E-state index < -0.39 is 0 Å². The van der Waals surface area contributed by atoms with Crippen LogP contribution in [0.5, 0.6) is 0 Å². The molecule has 0 unspecified atom stereocenters. The Balaban J connectivity index is 1.84. The van der Waals surface area contributed by atoms with Crippen LogP contribution in [-0.4, -0.2) is 6.04 Å². The molecule has 0 heterocycles. The van der Waals surface area contributed by atoms with Crippen molar-refractivity contribution in [3.8, 4) is 0 Å². The molecular weight excluding hydrogens is 237 g/mol. The van der Waals surface area contributed by atoms with Crippen LogP contribution in [0.15, 0.2) is 18.2 Å². The molecule has 1 atom stereocenters. The maximum absolute atomic E-state index is 13.2. The molecule has 0 saturated heterocycles. The van der Waals surface area contributed by atoms with E-state index in [2.05, 4.69) is 12.2 Å². The van der Waals surface area contributed by atoms with Gasteiger partial charge in [0.25, 0.3) is 0 Å². The molecule has 0 amide bonds. The molecule has 1 aromatic rings. The van der Waals surface area contributed by atoms with Crippen molar-refractivity contribution in [2.45, 2.75) is 65.0 Å². The highest BCUT2D eigenvalue weighted by Crippen LogP contribution is 2.25. The summed E-state index contributed by atoms with van der Waals surface area (Å²) in [6, 6.07) is 5.96. The Hall–Kier alpha value is -0.890. The lowest BCUT2D eigenvalue weighted by Crippen LogP contribution is -2.32. The Morgan fingerprint density at radius 1 is 1.21 bits per heavy atom. The van der Waals surface area contributed by atoms with Gasteiger partial charge in [-0.25, -0.2) is 4.39 Å². The molecule has 1 nitrogen and oxygen atoms in total. The van der Waals surface area contributed by atoms with Gasteiger partial charge in [-0.15, -0.1) is 0 Å². The summed E-state index contributed by atoms with van der Waals surface area (Å²) in [5, 5.41) is 3.62. The van der Waals surface area contributed by atoms with E-state index in [0.717, 1.165) is 18.0 Å². The quantitative estimate of drug-likeness (QED) is 0.784. The van der Waals surface area contributed by atoms with E-state index in [1.54, 1.807) is 6.07 Å². The Morgan fingerprint density at radius 2 is 1.89 bits per heavy atom. The highest BCUT2D eigenvalue weighted by atomic mass is 19.1. The normalized spacial score (nSPS) is 19.1. The fourth-order valence-electron chi connectivity index (χ4n) is 3.07. The van der Waals surface area contributed by atoms with Crippen LogP contribution in [0.2, 0.25) is 0 Å². The molecule has 2 heteroatoms. The first-order valence-electron chi connectivity index (χ1n) is 7.65. The second-order valence-electron chi connectivity index (χ2n) is 6.00. The van der Waals surface area contributed by atoms with Crippen molar-refractivity contribution in [2.24, 2.45) is 5.92 Å². The predicted molar refractivity (Wildman–Crippen MR) is 78.6 cm³/mol. The third-order valence-corrected chi connectivity index (χ3v) is 4.46. The first-order valence-corrected chi connectivity index (χ1v) is 7.65. The molecular formula is C17H26FN. The lowest BCUT2D eigenvalue weighted by molar-refractivity contribution is 0.336. The number of nitrogens with one attached hydrogen (secondary N) is 1. The maximum atomic E-state index is 13.2. The van der Waals surface area contributed by atoms with E-state index in [9.17, 15) is 4.39 Å². The number of halogens is 1. The number of benzene rings is 1. The van der Waals surface area contributed by atoms with Crippen molar-refractivity contribution in [3.63, 3.8) is 0 Å². The zero-order valence-corrected chi connectivity index (χ0v) is 12.2. The van der Waals surface area contributed by atoms with Gasteiger partial charge in [0.2, 0.25) is 0 Å². The first-order chi connectivity index (χ1) is 9.16. The third-order valence-electron chi connectivity index (χ3n) is 4.46. The van der Waals surface area contributed by atoms with Gasteiger partial charge in [0.05, 0.1) is 0 Å². The lowest BCUT2D eigenvalue weighted by Gasteiger charge is -2.23. The molecule has 1 aliphatic carbocycles. The van der Waals surface area contributed by atoms with Gasteiger partial charge in [0, 0.05) is 12.6 Å².